The number of carbonyl (C=O) groups excluding carboxylic acids is 1. The van der Waals surface area contributed by atoms with Crippen LogP contribution >= 0.6 is 11.6 Å². The summed E-state index contributed by atoms with van der Waals surface area (Å²) >= 11 is 5.85. The fraction of sp³-hybridized carbons (Fsp3) is 0.136. The van der Waals surface area contributed by atoms with Gasteiger partial charge in [-0.05, 0) is 42.8 Å². The number of hydrogen-bond donors (Lipinski definition) is 1. The summed E-state index contributed by atoms with van der Waals surface area (Å²) in [5.74, 6) is -3.74. The van der Waals surface area contributed by atoms with Gasteiger partial charge in [0.05, 0.1) is 11.3 Å². The first-order valence-corrected chi connectivity index (χ1v) is 8.98. The molecule has 0 aromatic heterocycles. The van der Waals surface area contributed by atoms with Crippen LogP contribution in [0.4, 0.5) is 8.78 Å². The van der Waals surface area contributed by atoms with Gasteiger partial charge in [-0.15, -0.1) is 5.73 Å². The zero-order valence-corrected chi connectivity index (χ0v) is 16.5. The molecule has 0 saturated heterocycles. The van der Waals surface area contributed by atoms with Crippen LogP contribution in [0.1, 0.15) is 22.8 Å². The van der Waals surface area contributed by atoms with Crippen LogP contribution in [0.2, 0.25) is 5.02 Å². The Morgan fingerprint density at radius 1 is 1.28 bits per heavy atom. The monoisotopic (exact) mass is 416 g/mol. The Hall–Kier alpha value is -3.21. The second kappa shape index (κ2) is 10.4. The smallest absolute Gasteiger partial charge is 0.254 e. The van der Waals surface area contributed by atoms with Crippen LogP contribution in [-0.2, 0) is 6.42 Å². The number of ether oxygens (including phenoxy) is 1. The highest BCUT2D eigenvalue weighted by Gasteiger charge is 2.19. The van der Waals surface area contributed by atoms with E-state index in [0.29, 0.717) is 22.7 Å². The fourth-order valence-corrected chi connectivity index (χ4v) is 2.49. The van der Waals surface area contributed by atoms with Gasteiger partial charge in [-0.2, -0.15) is 0 Å². The molecule has 0 radical (unpaired) electrons. The summed E-state index contributed by atoms with van der Waals surface area (Å²) in [4.78, 5) is 15.5. The summed E-state index contributed by atoms with van der Waals surface area (Å²) in [7, 11) is 0. The maximum atomic E-state index is 14.3. The number of nitrogens with two attached hydrogens (primary N) is 1. The summed E-state index contributed by atoms with van der Waals surface area (Å²) in [5.41, 5.74) is 8.94. The van der Waals surface area contributed by atoms with Crippen molar-refractivity contribution in [3.8, 4) is 5.75 Å². The summed E-state index contributed by atoms with van der Waals surface area (Å²) in [5, 5.41) is 0.651. The summed E-state index contributed by atoms with van der Waals surface area (Å²) in [6.45, 7) is 5.47. The molecule has 2 N–H and O–H groups in total. The first kappa shape index (κ1) is 22.1. The van der Waals surface area contributed by atoms with Gasteiger partial charge in [0.15, 0.2) is 11.6 Å². The molecular formula is C22H19ClF2N2O2. The van der Waals surface area contributed by atoms with Crippen LogP contribution in [0.5, 0.6) is 5.75 Å². The number of rotatable bonds is 8. The van der Waals surface area contributed by atoms with E-state index in [0.717, 1.165) is 17.7 Å². The predicted octanol–water partition coefficient (Wildman–Crippen LogP) is 5.02. The van der Waals surface area contributed by atoms with Gasteiger partial charge in [0.25, 0.3) is 5.91 Å². The number of hydrogen-bond acceptors (Lipinski definition) is 3. The standard InChI is InChI=1S/C22H19ClF2N2O2/c1-3-4-16(14(2)27-12-11-15-5-7-17(23)8-6-15)13-29-19-10-9-18(24)20(21(19)25)22(26)28/h3,5-10,12H,2,11,13H2,1H3,(H2,26,28). The lowest BCUT2D eigenvalue weighted by Gasteiger charge is -2.11. The zero-order valence-electron chi connectivity index (χ0n) is 15.7. The Morgan fingerprint density at radius 3 is 2.59 bits per heavy atom. The molecule has 0 atom stereocenters. The van der Waals surface area contributed by atoms with Crippen molar-refractivity contribution >= 4 is 23.7 Å². The summed E-state index contributed by atoms with van der Waals surface area (Å²) < 4.78 is 33.2. The van der Waals surface area contributed by atoms with Crippen molar-refractivity contribution in [1.82, 2.24) is 0 Å². The van der Waals surface area contributed by atoms with Gasteiger partial charge in [0.2, 0.25) is 0 Å². The largest absolute Gasteiger partial charge is 0.485 e. The van der Waals surface area contributed by atoms with Gasteiger partial charge in [0.1, 0.15) is 18.0 Å². The molecule has 7 heteroatoms. The number of halogens is 3. The molecular weight excluding hydrogens is 398 g/mol. The van der Waals surface area contributed by atoms with Crippen molar-refractivity contribution in [2.24, 2.45) is 10.7 Å². The van der Waals surface area contributed by atoms with Gasteiger partial charge in [0, 0.05) is 17.7 Å². The van der Waals surface area contributed by atoms with Crippen molar-refractivity contribution < 1.29 is 18.3 Å². The van der Waals surface area contributed by atoms with Crippen LogP contribution in [0.25, 0.3) is 0 Å². The second-order valence-corrected chi connectivity index (χ2v) is 6.32. The minimum atomic E-state index is -1.22. The number of nitrogens with zero attached hydrogens (tertiary/aromatic N) is 1. The molecule has 29 heavy (non-hydrogen) atoms. The van der Waals surface area contributed by atoms with Crippen molar-refractivity contribution in [1.29, 1.82) is 0 Å². The molecule has 0 aliphatic carbocycles. The highest BCUT2D eigenvalue weighted by atomic mass is 35.5. The van der Waals surface area contributed by atoms with Crippen molar-refractivity contribution in [2.75, 3.05) is 6.61 Å². The molecule has 0 bridgehead atoms. The minimum absolute atomic E-state index is 0.137. The molecule has 0 unspecified atom stereocenters. The van der Waals surface area contributed by atoms with Gasteiger partial charge in [-0.1, -0.05) is 30.3 Å². The fourth-order valence-electron chi connectivity index (χ4n) is 2.36. The molecule has 0 aliphatic rings. The molecule has 4 nitrogen and oxygen atoms in total. The zero-order chi connectivity index (χ0) is 21.4. The molecule has 1 amide bonds. The molecule has 0 fully saturated rings. The van der Waals surface area contributed by atoms with E-state index in [1.54, 1.807) is 31.3 Å². The van der Waals surface area contributed by atoms with Crippen LogP contribution in [0, 0.1) is 11.6 Å². The van der Waals surface area contributed by atoms with E-state index in [1.165, 1.54) is 0 Å². The molecule has 2 aromatic carbocycles. The molecule has 150 valence electrons. The van der Waals surface area contributed by atoms with Crippen molar-refractivity contribution in [3.63, 3.8) is 0 Å². The van der Waals surface area contributed by atoms with E-state index >= 15 is 0 Å². The topological polar surface area (TPSA) is 64.7 Å². The number of amides is 1. The minimum Gasteiger partial charge on any atom is -0.485 e. The lowest BCUT2D eigenvalue weighted by atomic mass is 10.1. The van der Waals surface area contributed by atoms with Crippen LogP contribution in [0.15, 0.2) is 71.0 Å². The third kappa shape index (κ3) is 6.14. The third-order valence-corrected chi connectivity index (χ3v) is 4.08. The number of benzene rings is 2. The molecule has 2 aromatic rings. The highest BCUT2D eigenvalue weighted by molar-refractivity contribution is 6.30. The van der Waals surface area contributed by atoms with Gasteiger partial charge in [-0.25, -0.2) is 8.78 Å². The van der Waals surface area contributed by atoms with E-state index in [4.69, 9.17) is 22.1 Å². The van der Waals surface area contributed by atoms with E-state index < -0.39 is 23.1 Å². The van der Waals surface area contributed by atoms with E-state index in [2.05, 4.69) is 17.3 Å². The number of aliphatic imine (C=N–C) groups is 1. The van der Waals surface area contributed by atoms with Crippen molar-refractivity contribution in [3.05, 3.63) is 93.8 Å². The van der Waals surface area contributed by atoms with Crippen LogP contribution < -0.4 is 10.5 Å². The van der Waals surface area contributed by atoms with Crippen LogP contribution in [0.3, 0.4) is 0 Å². The SMILES string of the molecule is C=C(N=CCc1ccc(Cl)cc1)C(=C=CC)COc1ccc(F)c(C(N)=O)c1F. The molecule has 0 spiro atoms. The summed E-state index contributed by atoms with van der Waals surface area (Å²) in [6.07, 6.45) is 3.87. The Labute approximate surface area is 172 Å². The lowest BCUT2D eigenvalue weighted by molar-refractivity contribution is 0.0991. The maximum absolute atomic E-state index is 14.3. The van der Waals surface area contributed by atoms with Crippen LogP contribution in [-0.4, -0.2) is 18.7 Å². The molecule has 0 heterocycles. The maximum Gasteiger partial charge on any atom is 0.254 e. The van der Waals surface area contributed by atoms with E-state index in [-0.39, 0.29) is 12.4 Å². The average Bonchev–Trinajstić information content (AvgIpc) is 2.67. The van der Waals surface area contributed by atoms with Gasteiger partial charge >= 0.3 is 0 Å². The Balaban J connectivity index is 2.09. The van der Waals surface area contributed by atoms with Gasteiger partial charge in [-0.3, -0.25) is 9.79 Å². The second-order valence-electron chi connectivity index (χ2n) is 5.89. The first-order valence-electron chi connectivity index (χ1n) is 8.60. The number of primary amides is 1. The Morgan fingerprint density at radius 2 is 1.97 bits per heavy atom. The Kier molecular flexibility index (Phi) is 7.89. The third-order valence-electron chi connectivity index (χ3n) is 3.83. The quantitative estimate of drug-likeness (QED) is 0.373. The molecule has 0 aliphatic heterocycles. The predicted molar refractivity (Wildman–Crippen MR) is 110 cm³/mol. The Bertz CT molecular complexity index is 1010. The first-order chi connectivity index (χ1) is 13.8. The normalized spacial score (nSPS) is 10.5. The van der Waals surface area contributed by atoms with Gasteiger partial charge < -0.3 is 10.5 Å². The van der Waals surface area contributed by atoms with E-state index in [9.17, 15) is 13.6 Å². The number of carbonyl (C=O) groups is 1. The average molecular weight is 417 g/mol. The lowest BCUT2D eigenvalue weighted by Crippen LogP contribution is -2.16. The highest BCUT2D eigenvalue weighted by Crippen LogP contribution is 2.24. The molecule has 0 saturated carbocycles. The van der Waals surface area contributed by atoms with E-state index in [1.807, 2.05) is 12.1 Å². The summed E-state index contributed by atoms with van der Waals surface area (Å²) in [6, 6.07) is 9.34. The van der Waals surface area contributed by atoms with Crippen molar-refractivity contribution in [2.45, 2.75) is 13.3 Å². The molecule has 2 rings (SSSR count).